The highest BCUT2D eigenvalue weighted by Gasteiger charge is 2.27. The molecule has 0 aliphatic carbocycles. The fourth-order valence-corrected chi connectivity index (χ4v) is 3.36. The van der Waals surface area contributed by atoms with E-state index in [-0.39, 0.29) is 18.3 Å². The standard InChI is InChI=1S/C17H21BrN4O.ClH/c18-14-11-20-22(12-14)15-6-8-21(9-7-15)17(23)16(19)10-13-4-2-1-3-5-13;/h1-5,11-12,15-16H,6-10,19H2;1H/t16-;/m0./s1. The van der Waals surface area contributed by atoms with Crippen LogP contribution in [0.3, 0.4) is 0 Å². The van der Waals surface area contributed by atoms with Gasteiger partial charge in [-0.05, 0) is 40.8 Å². The van der Waals surface area contributed by atoms with Crippen LogP contribution in [0.5, 0.6) is 0 Å². The lowest BCUT2D eigenvalue weighted by Crippen LogP contribution is -2.48. The lowest BCUT2D eigenvalue weighted by molar-refractivity contribution is -0.133. The Morgan fingerprint density at radius 2 is 1.96 bits per heavy atom. The topological polar surface area (TPSA) is 64.2 Å². The summed E-state index contributed by atoms with van der Waals surface area (Å²) in [7, 11) is 0. The van der Waals surface area contributed by atoms with Gasteiger partial charge in [0.15, 0.2) is 0 Å². The minimum Gasteiger partial charge on any atom is -0.341 e. The van der Waals surface area contributed by atoms with E-state index in [1.165, 1.54) is 0 Å². The van der Waals surface area contributed by atoms with Crippen molar-refractivity contribution < 1.29 is 4.79 Å². The van der Waals surface area contributed by atoms with Gasteiger partial charge in [-0.1, -0.05) is 30.3 Å². The number of carbonyl (C=O) groups excluding carboxylic acids is 1. The van der Waals surface area contributed by atoms with E-state index in [2.05, 4.69) is 21.0 Å². The van der Waals surface area contributed by atoms with Crippen LogP contribution in [0.25, 0.3) is 0 Å². The minimum atomic E-state index is -0.465. The molecule has 130 valence electrons. The van der Waals surface area contributed by atoms with Gasteiger partial charge in [0.2, 0.25) is 5.91 Å². The highest BCUT2D eigenvalue weighted by atomic mass is 79.9. The molecule has 0 spiro atoms. The van der Waals surface area contributed by atoms with E-state index in [4.69, 9.17) is 5.73 Å². The summed E-state index contributed by atoms with van der Waals surface area (Å²) in [5.74, 6) is 0.0500. The fraction of sp³-hybridized carbons (Fsp3) is 0.412. The summed E-state index contributed by atoms with van der Waals surface area (Å²) < 4.78 is 2.97. The molecule has 1 amide bonds. The lowest BCUT2D eigenvalue weighted by atomic mass is 10.0. The first-order chi connectivity index (χ1) is 11.1. The lowest BCUT2D eigenvalue weighted by Gasteiger charge is -2.33. The molecule has 1 atom stereocenters. The molecule has 7 heteroatoms. The van der Waals surface area contributed by atoms with Gasteiger partial charge in [-0.15, -0.1) is 12.4 Å². The molecule has 0 saturated carbocycles. The zero-order valence-electron chi connectivity index (χ0n) is 13.3. The third-order valence-electron chi connectivity index (χ3n) is 4.34. The van der Waals surface area contributed by atoms with Gasteiger partial charge in [-0.2, -0.15) is 5.10 Å². The number of nitrogens with two attached hydrogens (primary N) is 1. The molecule has 1 aromatic carbocycles. The van der Waals surface area contributed by atoms with Crippen molar-refractivity contribution in [3.63, 3.8) is 0 Å². The molecule has 0 bridgehead atoms. The normalized spacial score (nSPS) is 16.5. The number of piperidine rings is 1. The Labute approximate surface area is 156 Å². The number of hydrogen-bond acceptors (Lipinski definition) is 3. The van der Waals surface area contributed by atoms with E-state index in [1.54, 1.807) is 6.20 Å². The van der Waals surface area contributed by atoms with Gasteiger partial charge >= 0.3 is 0 Å². The summed E-state index contributed by atoms with van der Waals surface area (Å²) >= 11 is 3.42. The van der Waals surface area contributed by atoms with E-state index < -0.39 is 6.04 Å². The van der Waals surface area contributed by atoms with Crippen molar-refractivity contribution in [2.75, 3.05) is 13.1 Å². The highest BCUT2D eigenvalue weighted by Crippen LogP contribution is 2.23. The van der Waals surface area contributed by atoms with Crippen molar-refractivity contribution in [3.05, 3.63) is 52.8 Å². The molecule has 24 heavy (non-hydrogen) atoms. The maximum absolute atomic E-state index is 12.5. The Morgan fingerprint density at radius 1 is 1.29 bits per heavy atom. The molecule has 1 aliphatic rings. The van der Waals surface area contributed by atoms with Crippen LogP contribution in [0.1, 0.15) is 24.4 Å². The van der Waals surface area contributed by atoms with Gasteiger partial charge in [-0.3, -0.25) is 9.48 Å². The molecular formula is C17H22BrClN4O. The third kappa shape index (κ3) is 4.59. The number of likely N-dealkylation sites (tertiary alicyclic amines) is 1. The van der Waals surface area contributed by atoms with Crippen molar-refractivity contribution in [2.24, 2.45) is 5.73 Å². The van der Waals surface area contributed by atoms with Gasteiger partial charge in [-0.25, -0.2) is 0 Å². The van der Waals surface area contributed by atoms with Crippen molar-refractivity contribution >= 4 is 34.2 Å². The molecule has 5 nitrogen and oxygen atoms in total. The van der Waals surface area contributed by atoms with E-state index in [1.807, 2.05) is 46.1 Å². The van der Waals surface area contributed by atoms with Crippen LogP contribution in [0.15, 0.2) is 47.2 Å². The van der Waals surface area contributed by atoms with Crippen LogP contribution >= 0.6 is 28.3 Å². The molecular weight excluding hydrogens is 392 g/mol. The maximum Gasteiger partial charge on any atom is 0.239 e. The predicted octanol–water partition coefficient (Wildman–Crippen LogP) is 2.80. The number of rotatable bonds is 4. The van der Waals surface area contributed by atoms with Crippen molar-refractivity contribution in [3.8, 4) is 0 Å². The molecule has 1 fully saturated rings. The number of amides is 1. The summed E-state index contributed by atoms with van der Waals surface area (Å²) in [6, 6.07) is 9.82. The van der Waals surface area contributed by atoms with Gasteiger partial charge in [0.25, 0.3) is 0 Å². The first-order valence-electron chi connectivity index (χ1n) is 7.91. The van der Waals surface area contributed by atoms with E-state index >= 15 is 0 Å². The Bertz CT molecular complexity index is 656. The van der Waals surface area contributed by atoms with Gasteiger partial charge in [0, 0.05) is 19.3 Å². The number of nitrogens with zero attached hydrogens (tertiary/aromatic N) is 3. The largest absolute Gasteiger partial charge is 0.341 e. The van der Waals surface area contributed by atoms with Crippen molar-refractivity contribution in [1.82, 2.24) is 14.7 Å². The van der Waals surface area contributed by atoms with Crippen LogP contribution in [0.2, 0.25) is 0 Å². The monoisotopic (exact) mass is 412 g/mol. The second kappa shape index (κ2) is 8.65. The number of carbonyl (C=O) groups is 1. The van der Waals surface area contributed by atoms with Gasteiger partial charge in [0.1, 0.15) is 0 Å². The molecule has 1 saturated heterocycles. The van der Waals surface area contributed by atoms with Crippen LogP contribution in [0, 0.1) is 0 Å². The molecule has 2 N–H and O–H groups in total. The Hall–Kier alpha value is -1.37. The highest BCUT2D eigenvalue weighted by molar-refractivity contribution is 9.10. The number of benzene rings is 1. The molecule has 2 aromatic rings. The molecule has 0 unspecified atom stereocenters. The van der Waals surface area contributed by atoms with Crippen LogP contribution < -0.4 is 5.73 Å². The Balaban J connectivity index is 0.00000208. The smallest absolute Gasteiger partial charge is 0.239 e. The number of aromatic nitrogens is 2. The van der Waals surface area contributed by atoms with E-state index in [0.29, 0.717) is 12.5 Å². The average Bonchev–Trinajstić information content (AvgIpc) is 3.02. The SMILES string of the molecule is Cl.N[C@@H](Cc1ccccc1)C(=O)N1CCC(n2cc(Br)cn2)CC1. The van der Waals surface area contributed by atoms with E-state index in [0.717, 1.165) is 36.0 Å². The Kier molecular flexibility index (Phi) is 6.83. The van der Waals surface area contributed by atoms with E-state index in [9.17, 15) is 4.79 Å². The second-order valence-electron chi connectivity index (χ2n) is 5.99. The molecule has 3 rings (SSSR count). The first kappa shape index (κ1) is 19.0. The third-order valence-corrected chi connectivity index (χ3v) is 4.75. The Morgan fingerprint density at radius 3 is 2.54 bits per heavy atom. The summed E-state index contributed by atoms with van der Waals surface area (Å²) in [5.41, 5.74) is 7.22. The number of hydrogen-bond donors (Lipinski definition) is 1. The first-order valence-corrected chi connectivity index (χ1v) is 8.71. The maximum atomic E-state index is 12.5. The zero-order chi connectivity index (χ0) is 16.2. The van der Waals surface area contributed by atoms with Crippen molar-refractivity contribution in [2.45, 2.75) is 31.3 Å². The predicted molar refractivity (Wildman–Crippen MR) is 100 cm³/mol. The summed E-state index contributed by atoms with van der Waals surface area (Å²) in [5, 5.41) is 4.34. The average molecular weight is 414 g/mol. The van der Waals surface area contributed by atoms with Crippen molar-refractivity contribution in [1.29, 1.82) is 0 Å². The fourth-order valence-electron chi connectivity index (χ4n) is 3.06. The molecule has 2 heterocycles. The van der Waals surface area contributed by atoms with Crippen LogP contribution in [-0.2, 0) is 11.2 Å². The quantitative estimate of drug-likeness (QED) is 0.838. The van der Waals surface area contributed by atoms with Gasteiger partial charge in [0.05, 0.1) is 22.8 Å². The van der Waals surface area contributed by atoms with Crippen LogP contribution in [-0.4, -0.2) is 39.7 Å². The molecule has 1 aliphatic heterocycles. The number of halogens is 2. The summed E-state index contributed by atoms with van der Waals surface area (Å²) in [6.45, 7) is 1.48. The van der Waals surface area contributed by atoms with Crippen LogP contribution in [0.4, 0.5) is 0 Å². The summed E-state index contributed by atoms with van der Waals surface area (Å²) in [6.07, 6.45) is 6.21. The minimum absolute atomic E-state index is 0. The second-order valence-corrected chi connectivity index (χ2v) is 6.91. The van der Waals surface area contributed by atoms with Gasteiger partial charge < -0.3 is 10.6 Å². The molecule has 1 aromatic heterocycles. The summed E-state index contributed by atoms with van der Waals surface area (Å²) in [4.78, 5) is 14.4. The zero-order valence-corrected chi connectivity index (χ0v) is 15.7. The molecule has 0 radical (unpaired) electrons.